The molecule has 0 aromatic rings. The lowest BCUT2D eigenvalue weighted by atomic mass is 9.68. The molecular formula is C30H52N6O7. The number of likely N-dealkylation sites (tertiary alicyclic amines) is 2. The number of rotatable bonds is 8. The van der Waals surface area contributed by atoms with Crippen LogP contribution in [-0.4, -0.2) is 140 Å². The summed E-state index contributed by atoms with van der Waals surface area (Å²) in [6, 6.07) is -0.779. The molecule has 0 aromatic carbocycles. The average molecular weight is 609 g/mol. The number of amides is 6. The Bertz CT molecular complexity index is 1040. The van der Waals surface area contributed by atoms with Gasteiger partial charge in [-0.15, -0.1) is 0 Å². The van der Waals surface area contributed by atoms with E-state index in [4.69, 9.17) is 4.74 Å². The quantitative estimate of drug-likeness (QED) is 0.294. The maximum Gasteiger partial charge on any atom is 0.324 e. The molecule has 4 aliphatic rings. The third-order valence-corrected chi connectivity index (χ3v) is 10.00. The first-order valence-electron chi connectivity index (χ1n) is 15.2. The number of nitrogens with one attached hydrogen (secondary N) is 2. The minimum absolute atomic E-state index is 0.0199. The minimum atomic E-state index is -0.969. The van der Waals surface area contributed by atoms with Gasteiger partial charge in [-0.3, -0.25) is 29.2 Å². The number of carbonyl (C=O) groups is 4. The van der Waals surface area contributed by atoms with Crippen molar-refractivity contribution in [2.75, 3.05) is 40.4 Å². The highest BCUT2D eigenvalue weighted by atomic mass is 16.5. The van der Waals surface area contributed by atoms with Crippen molar-refractivity contribution in [1.82, 2.24) is 30.2 Å². The highest BCUT2D eigenvalue weighted by Gasteiger charge is 2.62. The number of ether oxygens (including phenoxy) is 1. The van der Waals surface area contributed by atoms with Crippen molar-refractivity contribution in [3.05, 3.63) is 0 Å². The van der Waals surface area contributed by atoms with Crippen molar-refractivity contribution in [1.29, 1.82) is 0 Å². The number of carbonyl (C=O) groups excluding carboxylic acids is 4. The summed E-state index contributed by atoms with van der Waals surface area (Å²) in [6.07, 6.45) is -0.0173. The van der Waals surface area contributed by atoms with Crippen molar-refractivity contribution in [3.63, 3.8) is 0 Å². The van der Waals surface area contributed by atoms with Gasteiger partial charge in [0.25, 0.3) is 11.8 Å². The number of hydrogen-bond donors (Lipinski definition) is 4. The monoisotopic (exact) mass is 608 g/mol. The molecule has 4 rings (SSSR count). The smallest absolute Gasteiger partial charge is 0.324 e. The number of aliphatic hydroxyl groups excluding tert-OH is 2. The molecule has 2 atom stereocenters. The van der Waals surface area contributed by atoms with Crippen molar-refractivity contribution in [2.24, 2.45) is 0 Å². The number of urea groups is 2. The third-order valence-electron chi connectivity index (χ3n) is 10.00. The Morgan fingerprint density at radius 2 is 0.907 bits per heavy atom. The van der Waals surface area contributed by atoms with E-state index < -0.39 is 45.4 Å². The number of nitrogens with zero attached hydrogens (tertiary/aromatic N) is 4. The first-order valence-corrected chi connectivity index (χ1v) is 15.2. The molecule has 0 aliphatic carbocycles. The van der Waals surface area contributed by atoms with Gasteiger partial charge in [-0.1, -0.05) is 0 Å². The molecule has 0 radical (unpaired) electrons. The van der Waals surface area contributed by atoms with Crippen LogP contribution in [-0.2, 0) is 14.3 Å². The summed E-state index contributed by atoms with van der Waals surface area (Å²) >= 11 is 0. The second kappa shape index (κ2) is 10.6. The zero-order valence-electron chi connectivity index (χ0n) is 27.5. The molecule has 4 heterocycles. The van der Waals surface area contributed by atoms with Crippen molar-refractivity contribution >= 4 is 23.9 Å². The van der Waals surface area contributed by atoms with Crippen molar-refractivity contribution in [2.45, 2.75) is 127 Å². The molecular weight excluding hydrogens is 556 g/mol. The van der Waals surface area contributed by atoms with E-state index in [9.17, 15) is 29.4 Å². The minimum Gasteiger partial charge on any atom is -0.389 e. The fraction of sp³-hybridized carbons (Fsp3) is 0.867. The van der Waals surface area contributed by atoms with E-state index in [0.717, 1.165) is 9.80 Å². The molecule has 244 valence electrons. The van der Waals surface area contributed by atoms with Gasteiger partial charge in [-0.05, 0) is 81.1 Å². The summed E-state index contributed by atoms with van der Waals surface area (Å²) in [6.45, 7) is 16.7. The SMILES string of the molecule is CN1C(=O)NC2(CC(C)(C)N(CC(O)COCC(O)CN3C(C)(C)CC4(CC3(C)C)NC(=O)N(C)C4=O)C(C)(C)C2)C1=O. The lowest BCUT2D eigenvalue weighted by Crippen LogP contribution is -2.70. The number of piperidine rings is 2. The first kappa shape index (κ1) is 33.6. The molecule has 2 unspecified atom stereocenters. The average Bonchev–Trinajstić information content (AvgIpc) is 3.16. The van der Waals surface area contributed by atoms with E-state index in [1.54, 1.807) is 0 Å². The predicted molar refractivity (Wildman–Crippen MR) is 159 cm³/mol. The van der Waals surface area contributed by atoms with Crippen molar-refractivity contribution in [3.8, 4) is 0 Å². The summed E-state index contributed by atoms with van der Waals surface area (Å²) in [5.41, 5.74) is -3.96. The number of imide groups is 2. The fourth-order valence-electron chi connectivity index (χ4n) is 8.94. The lowest BCUT2D eigenvalue weighted by Gasteiger charge is -2.58. The summed E-state index contributed by atoms with van der Waals surface area (Å²) in [5, 5.41) is 27.8. The maximum atomic E-state index is 13.0. The zero-order chi connectivity index (χ0) is 32.6. The molecule has 43 heavy (non-hydrogen) atoms. The Morgan fingerprint density at radius 1 is 0.628 bits per heavy atom. The molecule has 0 bridgehead atoms. The molecule has 4 N–H and O–H groups in total. The third kappa shape index (κ3) is 5.90. The standard InChI is InChI=1S/C30H52N6O7/c1-25(2)15-29(21(39)33(9)23(41)31-29)16-26(3,4)35(25)11-19(37)13-43-14-20(38)12-36-27(5,6)17-30(18-28(36,7)8)22(40)34(10)24(42)32-30/h19-20,37-38H,11-18H2,1-10H3,(H,31,41)(H,32,42). The predicted octanol–water partition coefficient (Wildman–Crippen LogP) is 0.872. The van der Waals surface area contributed by atoms with Crippen LogP contribution in [0.4, 0.5) is 9.59 Å². The summed E-state index contributed by atoms with van der Waals surface area (Å²) in [7, 11) is 2.99. The van der Waals surface area contributed by atoms with Crippen LogP contribution in [0.1, 0.15) is 81.1 Å². The Balaban J connectivity index is 1.32. The van der Waals surface area contributed by atoms with Gasteiger partial charge in [-0.25, -0.2) is 9.59 Å². The molecule has 4 fully saturated rings. The Morgan fingerprint density at radius 3 is 1.14 bits per heavy atom. The molecule has 4 aliphatic heterocycles. The Kier molecular flexibility index (Phi) is 8.31. The van der Waals surface area contributed by atoms with Crippen LogP contribution in [0.5, 0.6) is 0 Å². The molecule has 0 saturated carbocycles. The number of likely N-dealkylation sites (N-methyl/N-ethyl adjacent to an activating group) is 2. The Labute approximate surface area is 255 Å². The van der Waals surface area contributed by atoms with Gasteiger partial charge >= 0.3 is 12.1 Å². The zero-order valence-corrected chi connectivity index (χ0v) is 27.5. The van der Waals surface area contributed by atoms with Crippen LogP contribution in [0.3, 0.4) is 0 Å². The van der Waals surface area contributed by atoms with Crippen LogP contribution < -0.4 is 10.6 Å². The second-order valence-corrected chi connectivity index (χ2v) is 15.8. The molecule has 13 heteroatoms. The van der Waals surface area contributed by atoms with E-state index in [1.165, 1.54) is 14.1 Å². The van der Waals surface area contributed by atoms with Gasteiger partial charge in [0.15, 0.2) is 0 Å². The summed E-state index contributed by atoms with van der Waals surface area (Å²) < 4.78 is 5.80. The summed E-state index contributed by atoms with van der Waals surface area (Å²) in [5.74, 6) is -0.448. The van der Waals surface area contributed by atoms with Crippen LogP contribution >= 0.6 is 0 Å². The summed E-state index contributed by atoms with van der Waals surface area (Å²) in [4.78, 5) is 57.2. The molecule has 6 amide bonds. The Hall–Kier alpha value is -2.32. The van der Waals surface area contributed by atoms with Gasteiger partial charge in [-0.2, -0.15) is 0 Å². The molecule has 0 aromatic heterocycles. The number of hydrogen-bond acceptors (Lipinski definition) is 9. The first-order chi connectivity index (χ1) is 19.5. The van der Waals surface area contributed by atoms with Gasteiger partial charge in [0.05, 0.1) is 25.4 Å². The van der Waals surface area contributed by atoms with E-state index in [2.05, 4.69) is 20.4 Å². The van der Waals surface area contributed by atoms with Crippen LogP contribution in [0, 0.1) is 0 Å². The fourth-order valence-corrected chi connectivity index (χ4v) is 8.94. The van der Waals surface area contributed by atoms with E-state index in [-0.39, 0.29) is 37.1 Å². The van der Waals surface area contributed by atoms with Gasteiger partial charge < -0.3 is 25.6 Å². The van der Waals surface area contributed by atoms with E-state index in [0.29, 0.717) is 38.8 Å². The molecule has 13 nitrogen and oxygen atoms in total. The van der Waals surface area contributed by atoms with Gasteiger partial charge in [0, 0.05) is 49.3 Å². The van der Waals surface area contributed by atoms with E-state index in [1.807, 2.05) is 55.4 Å². The number of β-amino-alcohol motifs (C(OH)–C–C–N with tert-alkyl or cyclic N) is 2. The van der Waals surface area contributed by atoms with Gasteiger partial charge in [0.2, 0.25) is 0 Å². The van der Waals surface area contributed by atoms with Crippen LogP contribution in [0.25, 0.3) is 0 Å². The highest BCUT2D eigenvalue weighted by Crippen LogP contribution is 2.47. The van der Waals surface area contributed by atoms with Crippen LogP contribution in [0.15, 0.2) is 0 Å². The topological polar surface area (TPSA) is 155 Å². The maximum absolute atomic E-state index is 13.0. The normalized spacial score (nSPS) is 28.8. The molecule has 2 spiro atoms. The number of aliphatic hydroxyl groups is 2. The van der Waals surface area contributed by atoms with Gasteiger partial charge in [0.1, 0.15) is 11.1 Å². The highest BCUT2D eigenvalue weighted by molar-refractivity contribution is 6.07. The molecule has 4 saturated heterocycles. The largest absolute Gasteiger partial charge is 0.389 e. The lowest BCUT2D eigenvalue weighted by molar-refractivity contribution is -0.144. The second-order valence-electron chi connectivity index (χ2n) is 15.8. The van der Waals surface area contributed by atoms with Crippen LogP contribution in [0.2, 0.25) is 0 Å². The van der Waals surface area contributed by atoms with E-state index >= 15 is 0 Å². The van der Waals surface area contributed by atoms with Crippen molar-refractivity contribution < 1.29 is 34.1 Å².